The van der Waals surface area contributed by atoms with Gasteiger partial charge in [0.25, 0.3) is 0 Å². The molecular formula is C21H33N3O3. The normalized spacial score (nSPS) is 16.4. The number of benzene rings is 1. The molecule has 1 aromatic rings. The quantitative estimate of drug-likeness (QED) is 0.685. The van der Waals surface area contributed by atoms with Crippen LogP contribution in [0.2, 0.25) is 0 Å². The Bertz CT molecular complexity index is 586. The molecule has 0 spiro atoms. The lowest BCUT2D eigenvalue weighted by Gasteiger charge is -2.38. The van der Waals surface area contributed by atoms with E-state index in [0.29, 0.717) is 38.5 Å². The molecule has 1 aliphatic heterocycles. The van der Waals surface area contributed by atoms with E-state index in [-0.39, 0.29) is 18.4 Å². The van der Waals surface area contributed by atoms with Crippen molar-refractivity contribution >= 4 is 11.8 Å². The monoisotopic (exact) mass is 375 g/mol. The molecule has 1 saturated heterocycles. The number of aliphatic hydroxyl groups excluding tert-OH is 1. The second kappa shape index (κ2) is 11.0. The molecule has 0 unspecified atom stereocenters. The minimum absolute atomic E-state index is 0.0292. The third-order valence-corrected chi connectivity index (χ3v) is 5.27. The number of carbonyl (C=O) groups is 2. The fraction of sp³-hybridized carbons (Fsp3) is 0.619. The predicted molar refractivity (Wildman–Crippen MR) is 106 cm³/mol. The summed E-state index contributed by atoms with van der Waals surface area (Å²) in [6, 6.07) is 9.54. The van der Waals surface area contributed by atoms with E-state index in [1.54, 1.807) is 0 Å². The number of aliphatic hydroxyl groups is 1. The van der Waals surface area contributed by atoms with E-state index >= 15 is 0 Å². The third-order valence-electron chi connectivity index (χ3n) is 5.27. The summed E-state index contributed by atoms with van der Waals surface area (Å²) in [5.74, 6) is -0.0768. The molecule has 1 heterocycles. The van der Waals surface area contributed by atoms with E-state index in [1.807, 2.05) is 49.2 Å². The second-order valence-corrected chi connectivity index (χ2v) is 7.33. The summed E-state index contributed by atoms with van der Waals surface area (Å²) in [5, 5.41) is 12.0. The van der Waals surface area contributed by atoms with Gasteiger partial charge in [-0.05, 0) is 31.9 Å². The molecule has 0 bridgehead atoms. The number of nitrogens with one attached hydrogen (secondary N) is 1. The first kappa shape index (κ1) is 21.4. The minimum atomic E-state index is -0.446. The number of likely N-dealkylation sites (N-methyl/N-ethyl adjacent to an activating group) is 1. The zero-order valence-corrected chi connectivity index (χ0v) is 16.6. The summed E-state index contributed by atoms with van der Waals surface area (Å²) in [7, 11) is 2.02. The number of rotatable bonds is 9. The summed E-state index contributed by atoms with van der Waals surface area (Å²) >= 11 is 0. The van der Waals surface area contributed by atoms with Crippen molar-refractivity contribution in [2.24, 2.45) is 0 Å². The lowest BCUT2D eigenvalue weighted by Crippen LogP contribution is -2.53. The molecule has 150 valence electrons. The number of nitrogens with zero attached hydrogens (tertiary/aromatic N) is 2. The van der Waals surface area contributed by atoms with Crippen LogP contribution in [0.1, 0.15) is 38.2 Å². The summed E-state index contributed by atoms with van der Waals surface area (Å²) < 4.78 is 0. The summed E-state index contributed by atoms with van der Waals surface area (Å²) in [6.07, 6.45) is 3.60. The lowest BCUT2D eigenvalue weighted by atomic mass is 10.0. The summed E-state index contributed by atoms with van der Waals surface area (Å²) in [6.45, 7) is 4.25. The van der Waals surface area contributed by atoms with E-state index in [1.165, 1.54) is 0 Å². The first-order chi connectivity index (χ1) is 13.0. The van der Waals surface area contributed by atoms with Crippen molar-refractivity contribution in [2.45, 2.75) is 51.1 Å². The Morgan fingerprint density at radius 3 is 2.52 bits per heavy atom. The maximum atomic E-state index is 12.9. The van der Waals surface area contributed by atoms with Crippen LogP contribution in [0.5, 0.6) is 0 Å². The van der Waals surface area contributed by atoms with Gasteiger partial charge in [-0.3, -0.25) is 9.59 Å². The number of piperidine rings is 1. The molecule has 1 aromatic carbocycles. The van der Waals surface area contributed by atoms with Crippen molar-refractivity contribution in [1.82, 2.24) is 15.1 Å². The molecule has 0 aromatic heterocycles. The van der Waals surface area contributed by atoms with E-state index in [0.717, 1.165) is 24.8 Å². The van der Waals surface area contributed by atoms with Crippen LogP contribution in [0.3, 0.4) is 0 Å². The lowest BCUT2D eigenvalue weighted by molar-refractivity contribution is -0.137. The molecular weight excluding hydrogens is 342 g/mol. The molecule has 2 amide bonds. The van der Waals surface area contributed by atoms with Crippen molar-refractivity contribution in [2.75, 3.05) is 33.3 Å². The van der Waals surface area contributed by atoms with Gasteiger partial charge in [0.2, 0.25) is 11.8 Å². The van der Waals surface area contributed by atoms with E-state index in [4.69, 9.17) is 5.11 Å². The van der Waals surface area contributed by atoms with Crippen LogP contribution in [0.15, 0.2) is 30.3 Å². The van der Waals surface area contributed by atoms with Gasteiger partial charge in [0.1, 0.15) is 6.04 Å². The fourth-order valence-electron chi connectivity index (χ4n) is 3.66. The number of carbonyl (C=O) groups excluding carboxylic acids is 2. The van der Waals surface area contributed by atoms with Crippen molar-refractivity contribution in [3.05, 3.63) is 35.9 Å². The second-order valence-electron chi connectivity index (χ2n) is 7.33. The molecule has 2 rings (SSSR count). The molecule has 6 heteroatoms. The maximum absolute atomic E-state index is 12.9. The third kappa shape index (κ3) is 6.63. The SMILES string of the molecule is CCC[C@H](NC(=O)Cc1ccccc1)C(=O)N1CCC(N(C)CCO)CC1. The van der Waals surface area contributed by atoms with Gasteiger partial charge >= 0.3 is 0 Å². The number of hydrogen-bond acceptors (Lipinski definition) is 4. The Morgan fingerprint density at radius 2 is 1.93 bits per heavy atom. The van der Waals surface area contributed by atoms with Crippen LogP contribution >= 0.6 is 0 Å². The molecule has 1 aliphatic rings. The van der Waals surface area contributed by atoms with Crippen LogP contribution in [0.25, 0.3) is 0 Å². The summed E-state index contributed by atoms with van der Waals surface area (Å²) in [4.78, 5) is 29.4. The smallest absolute Gasteiger partial charge is 0.245 e. The summed E-state index contributed by atoms with van der Waals surface area (Å²) in [5.41, 5.74) is 0.949. The highest BCUT2D eigenvalue weighted by Gasteiger charge is 2.29. The van der Waals surface area contributed by atoms with Crippen LogP contribution in [-0.2, 0) is 16.0 Å². The topological polar surface area (TPSA) is 72.9 Å². The molecule has 2 N–H and O–H groups in total. The van der Waals surface area contributed by atoms with E-state index in [2.05, 4.69) is 10.2 Å². The van der Waals surface area contributed by atoms with Gasteiger partial charge in [0.05, 0.1) is 13.0 Å². The average molecular weight is 376 g/mol. The van der Waals surface area contributed by atoms with Crippen molar-refractivity contribution in [3.63, 3.8) is 0 Å². The molecule has 1 fully saturated rings. The highest BCUT2D eigenvalue weighted by atomic mass is 16.3. The molecule has 0 saturated carbocycles. The highest BCUT2D eigenvalue weighted by molar-refractivity contribution is 5.88. The largest absolute Gasteiger partial charge is 0.395 e. The standard InChI is InChI=1S/C21H33N3O3/c1-3-7-19(22-20(26)16-17-8-5-4-6-9-17)21(27)24-12-10-18(11-13-24)23(2)14-15-25/h4-6,8-9,18-19,25H,3,7,10-16H2,1-2H3,(H,22,26)/t19-/m0/s1. The van der Waals surface area contributed by atoms with Gasteiger partial charge in [-0.2, -0.15) is 0 Å². The first-order valence-corrected chi connectivity index (χ1v) is 9.98. The highest BCUT2D eigenvalue weighted by Crippen LogP contribution is 2.17. The minimum Gasteiger partial charge on any atom is -0.395 e. The maximum Gasteiger partial charge on any atom is 0.245 e. The zero-order valence-electron chi connectivity index (χ0n) is 16.6. The van der Waals surface area contributed by atoms with Gasteiger partial charge in [-0.25, -0.2) is 0 Å². The van der Waals surface area contributed by atoms with Gasteiger partial charge in [-0.1, -0.05) is 43.7 Å². The van der Waals surface area contributed by atoms with Crippen LogP contribution < -0.4 is 5.32 Å². The Morgan fingerprint density at radius 1 is 1.26 bits per heavy atom. The molecule has 6 nitrogen and oxygen atoms in total. The number of hydrogen-bond donors (Lipinski definition) is 2. The Hall–Kier alpha value is -1.92. The Labute approximate surface area is 162 Å². The Kier molecular flexibility index (Phi) is 8.75. The van der Waals surface area contributed by atoms with Gasteiger partial charge in [0.15, 0.2) is 0 Å². The van der Waals surface area contributed by atoms with Gasteiger partial charge in [-0.15, -0.1) is 0 Å². The van der Waals surface area contributed by atoms with Crippen LogP contribution in [-0.4, -0.2) is 72.1 Å². The Balaban J connectivity index is 1.88. The van der Waals surface area contributed by atoms with Gasteiger partial charge in [0, 0.05) is 25.7 Å². The van der Waals surface area contributed by atoms with Crippen LogP contribution in [0.4, 0.5) is 0 Å². The van der Waals surface area contributed by atoms with Gasteiger partial charge < -0.3 is 20.2 Å². The van der Waals surface area contributed by atoms with Crippen molar-refractivity contribution < 1.29 is 14.7 Å². The average Bonchev–Trinajstić information content (AvgIpc) is 2.68. The molecule has 1 atom stereocenters. The van der Waals surface area contributed by atoms with E-state index in [9.17, 15) is 9.59 Å². The number of amides is 2. The van der Waals surface area contributed by atoms with Crippen molar-refractivity contribution in [3.8, 4) is 0 Å². The molecule has 0 aliphatic carbocycles. The van der Waals surface area contributed by atoms with Crippen molar-refractivity contribution in [1.29, 1.82) is 0 Å². The molecule has 0 radical (unpaired) electrons. The zero-order chi connectivity index (χ0) is 19.6. The fourth-order valence-corrected chi connectivity index (χ4v) is 3.66. The number of likely N-dealkylation sites (tertiary alicyclic amines) is 1. The first-order valence-electron chi connectivity index (χ1n) is 9.98. The van der Waals surface area contributed by atoms with E-state index < -0.39 is 6.04 Å². The predicted octanol–water partition coefficient (Wildman–Crippen LogP) is 1.43. The molecule has 27 heavy (non-hydrogen) atoms. The van der Waals surface area contributed by atoms with Crippen LogP contribution in [0, 0.1) is 0 Å².